The Morgan fingerprint density at radius 1 is 0.921 bits per heavy atom. The van der Waals surface area contributed by atoms with Crippen molar-refractivity contribution in [3.05, 3.63) is 131 Å². The van der Waals surface area contributed by atoms with Crippen molar-refractivity contribution in [2.45, 2.75) is 110 Å². The van der Waals surface area contributed by atoms with Gasteiger partial charge in [0.2, 0.25) is 5.91 Å². The van der Waals surface area contributed by atoms with Crippen LogP contribution in [0, 0.1) is 17.3 Å². The van der Waals surface area contributed by atoms with E-state index in [1.54, 1.807) is 50.0 Å². The van der Waals surface area contributed by atoms with Crippen LogP contribution in [0.4, 0.5) is 4.79 Å². The third kappa shape index (κ3) is 9.83. The van der Waals surface area contributed by atoms with Crippen LogP contribution in [0.25, 0.3) is 5.69 Å². The molecule has 9 rings (SSSR count). The predicted molar refractivity (Wildman–Crippen MR) is 232 cm³/mol. The molecule has 3 aliphatic carbocycles. The lowest BCUT2D eigenvalue weighted by atomic mass is 9.43. The van der Waals surface area contributed by atoms with Crippen molar-refractivity contribution in [1.29, 1.82) is 0 Å². The molecule has 5 atom stereocenters. The number of carboxylic acid groups (broad SMARTS) is 1. The third-order valence-electron chi connectivity index (χ3n) is 12.7. The van der Waals surface area contributed by atoms with E-state index in [-0.39, 0.29) is 47.5 Å². The zero-order valence-electron chi connectivity index (χ0n) is 36.6. The summed E-state index contributed by atoms with van der Waals surface area (Å²) in [6.45, 7) is 13.5. The molecule has 2 bridgehead atoms. The van der Waals surface area contributed by atoms with Crippen molar-refractivity contribution in [2.75, 3.05) is 0 Å². The first-order valence-electron chi connectivity index (χ1n) is 21.5. The van der Waals surface area contributed by atoms with Gasteiger partial charge in [-0.15, -0.1) is 5.10 Å². The van der Waals surface area contributed by atoms with Gasteiger partial charge in [-0.1, -0.05) is 55.5 Å². The molecular formula is C47H54BN7O8. The third-order valence-corrected chi connectivity index (χ3v) is 12.7. The summed E-state index contributed by atoms with van der Waals surface area (Å²) in [6.07, 6.45) is 6.22. The molecule has 1 amide bonds. The van der Waals surface area contributed by atoms with E-state index in [4.69, 9.17) is 18.8 Å². The minimum Gasteiger partial charge on any atom is -0.478 e. The number of pyridine rings is 2. The highest BCUT2D eigenvalue weighted by atomic mass is 16.7. The fourth-order valence-corrected chi connectivity index (χ4v) is 9.46. The first kappa shape index (κ1) is 43.7. The summed E-state index contributed by atoms with van der Waals surface area (Å²) < 4.78 is 26.2. The van der Waals surface area contributed by atoms with E-state index in [0.717, 1.165) is 41.2 Å². The number of benzene rings is 2. The van der Waals surface area contributed by atoms with E-state index >= 15 is 0 Å². The van der Waals surface area contributed by atoms with Crippen LogP contribution in [0.1, 0.15) is 93.0 Å². The number of hydrogen-bond acceptors (Lipinski definition) is 12. The average Bonchev–Trinajstić information content (AvgIpc) is 3.85. The molecule has 1 saturated heterocycles. The number of hydrogen-bond donors (Lipinski definition) is 2. The van der Waals surface area contributed by atoms with Crippen molar-refractivity contribution in [1.82, 2.24) is 35.2 Å². The van der Waals surface area contributed by atoms with Gasteiger partial charge in [0.1, 0.15) is 11.2 Å². The number of carbonyl (C=O) groups excluding carboxylic acids is 2. The van der Waals surface area contributed by atoms with Gasteiger partial charge in [-0.25, -0.2) is 14.3 Å². The standard InChI is InChI=1S/C47H54BN7O8/c1-45(2,3)61-44(59)60-42-31(12-11-15-37(42)43(57)58)23-40(48-62-39-25-32-24-38(46(32,4)5)47(39,6)63-48)51-41(56)22-30-16-18-36(19-17-30)55-29-35(52-53-55)28-54(26-33-13-7-9-20-49-33)27-34-14-8-10-21-50-34/h7-21,29,32,38-40H,22-28H2,1-6H3,(H,51,56)(H,57,58)/t32-,38-,39+,40-,47-/m0/s1. The number of para-hydroxylation sites is 1. The number of aromatic carboxylic acids is 1. The number of amides is 1. The molecule has 4 heterocycles. The molecule has 0 radical (unpaired) electrons. The van der Waals surface area contributed by atoms with E-state index in [0.29, 0.717) is 31.1 Å². The Balaban J connectivity index is 0.981. The van der Waals surface area contributed by atoms with Gasteiger partial charge in [0.05, 0.1) is 53.0 Å². The molecule has 1 aliphatic heterocycles. The molecule has 15 nitrogen and oxygen atoms in total. The van der Waals surface area contributed by atoms with E-state index < -0.39 is 36.4 Å². The Hall–Kier alpha value is -5.97. The van der Waals surface area contributed by atoms with E-state index in [2.05, 4.69) is 51.3 Å². The molecule has 5 aromatic rings. The lowest BCUT2D eigenvalue weighted by molar-refractivity contribution is -0.199. The second-order valence-electron chi connectivity index (χ2n) is 18.7. The van der Waals surface area contributed by atoms with Gasteiger partial charge in [-0.2, -0.15) is 0 Å². The second-order valence-corrected chi connectivity index (χ2v) is 18.7. The predicted octanol–water partition coefficient (Wildman–Crippen LogP) is 6.81. The van der Waals surface area contributed by atoms with Gasteiger partial charge in [0, 0.05) is 32.0 Å². The molecule has 2 aromatic carbocycles. The Kier molecular flexibility index (Phi) is 12.2. The largest absolute Gasteiger partial charge is 0.514 e. The van der Waals surface area contributed by atoms with Gasteiger partial charge in [0.15, 0.2) is 5.75 Å². The summed E-state index contributed by atoms with van der Waals surface area (Å²) in [5, 5.41) is 22.1. The molecule has 2 N–H and O–H groups in total. The topological polar surface area (TPSA) is 180 Å². The normalized spacial score (nSPS) is 21.6. The lowest BCUT2D eigenvalue weighted by Crippen LogP contribution is -2.65. The average molecular weight is 856 g/mol. The maximum atomic E-state index is 14.0. The van der Waals surface area contributed by atoms with Gasteiger partial charge in [0.25, 0.3) is 0 Å². The molecular weight excluding hydrogens is 801 g/mol. The van der Waals surface area contributed by atoms with E-state index in [9.17, 15) is 19.5 Å². The molecule has 3 aromatic heterocycles. The second kappa shape index (κ2) is 17.7. The smallest absolute Gasteiger partial charge is 0.478 e. The van der Waals surface area contributed by atoms with Crippen molar-refractivity contribution in [3.63, 3.8) is 0 Å². The van der Waals surface area contributed by atoms with Crippen LogP contribution in [-0.2, 0) is 51.3 Å². The van der Waals surface area contributed by atoms with Crippen LogP contribution in [0.5, 0.6) is 5.75 Å². The highest BCUT2D eigenvalue weighted by molar-refractivity contribution is 6.48. The highest BCUT2D eigenvalue weighted by Gasteiger charge is 2.68. The first-order valence-corrected chi connectivity index (χ1v) is 21.5. The van der Waals surface area contributed by atoms with Crippen molar-refractivity contribution in [3.8, 4) is 11.4 Å². The number of rotatable bonds is 15. The minimum absolute atomic E-state index is 0.0387. The molecule has 16 heteroatoms. The number of ether oxygens (including phenoxy) is 2. The van der Waals surface area contributed by atoms with Gasteiger partial charge in [-0.3, -0.25) is 19.7 Å². The lowest BCUT2D eigenvalue weighted by Gasteiger charge is -2.64. The maximum absolute atomic E-state index is 14.0. The maximum Gasteiger partial charge on any atom is 0.514 e. The molecule has 328 valence electrons. The summed E-state index contributed by atoms with van der Waals surface area (Å²) in [5.74, 6) is -1.73. The van der Waals surface area contributed by atoms with Gasteiger partial charge >= 0.3 is 19.2 Å². The summed E-state index contributed by atoms with van der Waals surface area (Å²) >= 11 is 0. The van der Waals surface area contributed by atoms with Crippen molar-refractivity contribution in [2.24, 2.45) is 17.3 Å². The fourth-order valence-electron chi connectivity index (χ4n) is 9.46. The Morgan fingerprint density at radius 3 is 2.22 bits per heavy atom. The summed E-state index contributed by atoms with van der Waals surface area (Å²) in [4.78, 5) is 50.5. The highest BCUT2D eigenvalue weighted by Crippen LogP contribution is 2.65. The molecule has 63 heavy (non-hydrogen) atoms. The van der Waals surface area contributed by atoms with Crippen LogP contribution >= 0.6 is 0 Å². The quantitative estimate of drug-likeness (QED) is 0.0638. The molecule has 4 fully saturated rings. The monoisotopic (exact) mass is 855 g/mol. The summed E-state index contributed by atoms with van der Waals surface area (Å²) in [6, 6.07) is 23.8. The number of nitrogens with zero attached hydrogens (tertiary/aromatic N) is 6. The van der Waals surface area contributed by atoms with Gasteiger partial charge in [-0.05, 0) is 118 Å². The van der Waals surface area contributed by atoms with E-state index in [1.165, 1.54) is 6.07 Å². The molecule has 0 spiro atoms. The number of carboxylic acids is 1. The molecule has 4 aliphatic rings. The van der Waals surface area contributed by atoms with Gasteiger partial charge < -0.3 is 29.2 Å². The van der Waals surface area contributed by atoms with Crippen LogP contribution in [0.15, 0.2) is 97.5 Å². The number of nitrogens with one attached hydrogen (secondary N) is 1. The Morgan fingerprint density at radius 2 is 1.60 bits per heavy atom. The van der Waals surface area contributed by atoms with E-state index in [1.807, 2.05) is 66.9 Å². The summed E-state index contributed by atoms with van der Waals surface area (Å²) in [7, 11) is -0.852. The SMILES string of the molecule is CC(C)(C)OC(=O)Oc1c(C[C@H](NC(=O)Cc2ccc(-n3cc(CN(Cc4ccccn4)Cc4ccccn4)nn3)cc2)B2O[C@@H]3C[C@@H]4C[C@@H](C4(C)C)[C@]3(C)O2)cccc1C(=O)O. The zero-order valence-corrected chi connectivity index (χ0v) is 36.6. The van der Waals surface area contributed by atoms with Crippen LogP contribution in [0.3, 0.4) is 0 Å². The molecule has 0 unspecified atom stereocenters. The van der Waals surface area contributed by atoms with Crippen LogP contribution < -0.4 is 10.1 Å². The number of aromatic nitrogens is 5. The Labute approximate surface area is 367 Å². The summed E-state index contributed by atoms with van der Waals surface area (Å²) in [5.41, 5.74) is 2.97. The van der Waals surface area contributed by atoms with Crippen LogP contribution in [0.2, 0.25) is 0 Å². The minimum atomic E-state index is -1.28. The Bertz CT molecular complexity index is 2390. The zero-order chi connectivity index (χ0) is 44.5. The fraction of sp³-hybridized carbons (Fsp3) is 0.426. The first-order chi connectivity index (χ1) is 30.0. The van der Waals surface area contributed by atoms with Crippen LogP contribution in [-0.4, -0.2) is 83.4 Å². The number of carbonyl (C=O) groups is 3. The van der Waals surface area contributed by atoms with Crippen molar-refractivity contribution < 1.29 is 38.3 Å². The molecule has 3 saturated carbocycles. The van der Waals surface area contributed by atoms with Crippen molar-refractivity contribution >= 4 is 25.2 Å².